The van der Waals surface area contributed by atoms with E-state index in [1.807, 2.05) is 30.5 Å². The third-order valence-electron chi connectivity index (χ3n) is 3.89. The topological polar surface area (TPSA) is 54.5 Å². The molecule has 21 heavy (non-hydrogen) atoms. The minimum Gasteiger partial charge on any atom is -0.325 e. The van der Waals surface area contributed by atoms with E-state index in [0.29, 0.717) is 11.6 Å². The molecule has 0 radical (unpaired) electrons. The predicted octanol–water partition coefficient (Wildman–Crippen LogP) is 3.23. The van der Waals surface area contributed by atoms with Crippen LogP contribution in [0.2, 0.25) is 0 Å². The first-order chi connectivity index (χ1) is 10.3. The number of imidazole rings is 1. The molecule has 4 heteroatoms. The van der Waals surface area contributed by atoms with Crippen LogP contribution >= 0.6 is 0 Å². The van der Waals surface area contributed by atoms with Crippen molar-refractivity contribution in [2.45, 2.75) is 25.3 Å². The molecular formula is C17H14N4. The van der Waals surface area contributed by atoms with E-state index in [1.165, 1.54) is 12.8 Å². The van der Waals surface area contributed by atoms with Gasteiger partial charge in [-0.05, 0) is 42.7 Å². The molecule has 1 saturated carbocycles. The first-order valence-corrected chi connectivity index (χ1v) is 7.15. The largest absolute Gasteiger partial charge is 0.325 e. The Hall–Kier alpha value is -2.67. The van der Waals surface area contributed by atoms with Gasteiger partial charge < -0.3 is 4.57 Å². The summed E-state index contributed by atoms with van der Waals surface area (Å²) in [6.45, 7) is 0. The number of nitriles is 1. The fourth-order valence-electron chi connectivity index (χ4n) is 2.77. The molecule has 4 rings (SSSR count). The molecule has 0 unspecified atom stereocenters. The van der Waals surface area contributed by atoms with Crippen LogP contribution in [0.3, 0.4) is 0 Å². The van der Waals surface area contributed by atoms with Crippen molar-refractivity contribution >= 4 is 11.0 Å². The van der Waals surface area contributed by atoms with E-state index in [4.69, 9.17) is 10.2 Å². The third-order valence-corrected chi connectivity index (χ3v) is 3.89. The van der Waals surface area contributed by atoms with E-state index < -0.39 is 0 Å². The van der Waals surface area contributed by atoms with Gasteiger partial charge in [-0.2, -0.15) is 5.26 Å². The van der Waals surface area contributed by atoms with Crippen LogP contribution in [0.1, 0.15) is 35.8 Å². The minimum atomic E-state index is 0.564. The molecule has 1 fully saturated rings. The van der Waals surface area contributed by atoms with Gasteiger partial charge in [-0.25, -0.2) is 4.98 Å². The van der Waals surface area contributed by atoms with E-state index in [9.17, 15) is 0 Å². The van der Waals surface area contributed by atoms with Crippen molar-refractivity contribution < 1.29 is 0 Å². The molecule has 1 aliphatic rings. The zero-order valence-electron chi connectivity index (χ0n) is 11.5. The summed E-state index contributed by atoms with van der Waals surface area (Å²) in [4.78, 5) is 8.93. The Morgan fingerprint density at radius 3 is 2.90 bits per heavy atom. The van der Waals surface area contributed by atoms with Crippen LogP contribution in [-0.2, 0) is 6.42 Å². The molecular weight excluding hydrogens is 260 g/mol. The number of nitrogens with zero attached hydrogens (tertiary/aromatic N) is 4. The van der Waals surface area contributed by atoms with Gasteiger partial charge in [0.05, 0.1) is 22.7 Å². The Kier molecular flexibility index (Phi) is 2.71. The Labute approximate surface area is 122 Å². The molecule has 1 aromatic carbocycles. The lowest BCUT2D eigenvalue weighted by Gasteiger charge is -2.07. The van der Waals surface area contributed by atoms with Gasteiger partial charge in [-0.3, -0.25) is 4.98 Å². The lowest BCUT2D eigenvalue weighted by molar-refractivity contribution is 0.715. The van der Waals surface area contributed by atoms with Crippen molar-refractivity contribution in [1.82, 2.24) is 14.5 Å². The second-order valence-electron chi connectivity index (χ2n) is 5.48. The van der Waals surface area contributed by atoms with Crippen LogP contribution in [0.25, 0.3) is 11.0 Å². The van der Waals surface area contributed by atoms with E-state index in [2.05, 4.69) is 21.7 Å². The van der Waals surface area contributed by atoms with Crippen molar-refractivity contribution in [3.63, 3.8) is 0 Å². The molecule has 0 amide bonds. The molecule has 2 heterocycles. The van der Waals surface area contributed by atoms with Gasteiger partial charge in [0.25, 0.3) is 0 Å². The highest BCUT2D eigenvalue weighted by Crippen LogP contribution is 2.39. The lowest BCUT2D eigenvalue weighted by Crippen LogP contribution is -2.02. The van der Waals surface area contributed by atoms with Gasteiger partial charge >= 0.3 is 0 Å². The number of pyridine rings is 1. The van der Waals surface area contributed by atoms with E-state index in [0.717, 1.165) is 28.8 Å². The number of fused-ring (bicyclic) bond motifs is 1. The first kappa shape index (κ1) is 12.1. The second kappa shape index (κ2) is 4.71. The van der Waals surface area contributed by atoms with E-state index in [1.54, 1.807) is 6.20 Å². The fourth-order valence-corrected chi connectivity index (χ4v) is 2.77. The van der Waals surface area contributed by atoms with Crippen LogP contribution in [0, 0.1) is 11.3 Å². The number of benzene rings is 1. The van der Waals surface area contributed by atoms with Gasteiger partial charge in [0.2, 0.25) is 0 Å². The van der Waals surface area contributed by atoms with Gasteiger partial charge in [0, 0.05) is 24.9 Å². The Morgan fingerprint density at radius 2 is 2.19 bits per heavy atom. The van der Waals surface area contributed by atoms with Gasteiger partial charge in [-0.15, -0.1) is 0 Å². The van der Waals surface area contributed by atoms with Crippen LogP contribution < -0.4 is 0 Å². The average molecular weight is 274 g/mol. The molecule has 0 N–H and O–H groups in total. The molecule has 3 aromatic rings. The summed E-state index contributed by atoms with van der Waals surface area (Å²) >= 11 is 0. The normalized spacial score (nSPS) is 14.2. The minimum absolute atomic E-state index is 0.564. The maximum atomic E-state index is 9.04. The predicted molar refractivity (Wildman–Crippen MR) is 79.8 cm³/mol. The molecule has 0 saturated heterocycles. The lowest BCUT2D eigenvalue weighted by atomic mass is 10.2. The summed E-state index contributed by atoms with van der Waals surface area (Å²) in [5.74, 6) is 1.07. The summed E-state index contributed by atoms with van der Waals surface area (Å²) in [7, 11) is 0. The number of hydrogen-bond acceptors (Lipinski definition) is 3. The summed E-state index contributed by atoms with van der Waals surface area (Å²) in [5, 5.41) is 9.04. The molecule has 0 atom stereocenters. The van der Waals surface area contributed by atoms with Gasteiger partial charge in [0.1, 0.15) is 5.82 Å². The Bertz CT molecular complexity index is 838. The highest BCUT2D eigenvalue weighted by atomic mass is 15.1. The van der Waals surface area contributed by atoms with Crippen molar-refractivity contribution in [3.8, 4) is 6.07 Å². The van der Waals surface area contributed by atoms with Crippen LogP contribution in [0.4, 0.5) is 0 Å². The maximum Gasteiger partial charge on any atom is 0.114 e. The molecule has 1 aliphatic carbocycles. The van der Waals surface area contributed by atoms with Gasteiger partial charge in [-0.1, -0.05) is 6.07 Å². The Morgan fingerprint density at radius 1 is 1.29 bits per heavy atom. The molecule has 0 bridgehead atoms. The van der Waals surface area contributed by atoms with Crippen molar-refractivity contribution in [2.24, 2.45) is 0 Å². The molecule has 0 aliphatic heterocycles. The number of hydrogen-bond donors (Lipinski definition) is 0. The summed E-state index contributed by atoms with van der Waals surface area (Å²) in [5.41, 5.74) is 3.88. The van der Waals surface area contributed by atoms with Gasteiger partial charge in [0.15, 0.2) is 0 Å². The highest BCUT2D eigenvalue weighted by molar-refractivity contribution is 5.78. The first-order valence-electron chi connectivity index (χ1n) is 7.15. The molecule has 4 nitrogen and oxygen atoms in total. The molecule has 2 aromatic heterocycles. The highest BCUT2D eigenvalue weighted by Gasteiger charge is 2.28. The maximum absolute atomic E-state index is 9.04. The zero-order valence-corrected chi connectivity index (χ0v) is 11.5. The summed E-state index contributed by atoms with van der Waals surface area (Å²) in [6, 6.07) is 12.5. The van der Waals surface area contributed by atoms with Crippen molar-refractivity contribution in [3.05, 3.63) is 59.7 Å². The third kappa shape index (κ3) is 2.17. The monoisotopic (exact) mass is 274 g/mol. The van der Waals surface area contributed by atoms with Crippen molar-refractivity contribution in [2.75, 3.05) is 0 Å². The Balaban J connectivity index is 1.84. The van der Waals surface area contributed by atoms with E-state index in [-0.39, 0.29) is 0 Å². The number of aromatic nitrogens is 3. The zero-order chi connectivity index (χ0) is 14.2. The quantitative estimate of drug-likeness (QED) is 0.736. The number of rotatable bonds is 3. The average Bonchev–Trinajstić information content (AvgIpc) is 3.29. The van der Waals surface area contributed by atoms with Crippen molar-refractivity contribution in [1.29, 1.82) is 5.26 Å². The summed E-state index contributed by atoms with van der Waals surface area (Å²) < 4.78 is 2.34. The fraction of sp³-hybridized carbons (Fsp3) is 0.235. The molecule has 102 valence electrons. The molecule has 0 spiro atoms. The van der Waals surface area contributed by atoms with Crippen LogP contribution in [-0.4, -0.2) is 14.5 Å². The summed E-state index contributed by atoms with van der Waals surface area (Å²) in [6.07, 6.45) is 6.88. The van der Waals surface area contributed by atoms with Crippen LogP contribution in [0.5, 0.6) is 0 Å². The SMILES string of the molecule is N#Cc1ccc2c(c1)nc(Cc1cccnc1)n2C1CC1. The van der Waals surface area contributed by atoms with Crippen LogP contribution in [0.15, 0.2) is 42.7 Å². The van der Waals surface area contributed by atoms with E-state index >= 15 is 0 Å². The standard InChI is InChI=1S/C17H14N4/c18-10-12-3-6-16-15(8-12)20-17(21(16)14-4-5-14)9-13-2-1-7-19-11-13/h1-3,6-8,11,14H,4-5,9H2. The second-order valence-corrected chi connectivity index (χ2v) is 5.48. The smallest absolute Gasteiger partial charge is 0.114 e.